The molecule has 0 spiro atoms. The van der Waals surface area contributed by atoms with E-state index in [-0.39, 0.29) is 18.1 Å². The van der Waals surface area contributed by atoms with E-state index in [9.17, 15) is 4.79 Å². The van der Waals surface area contributed by atoms with Gasteiger partial charge in [0.05, 0.1) is 0 Å². The summed E-state index contributed by atoms with van der Waals surface area (Å²) in [6.07, 6.45) is 4.02. The van der Waals surface area contributed by atoms with Crippen LogP contribution in [0.25, 0.3) is 0 Å². The zero-order chi connectivity index (χ0) is 16.3. The Morgan fingerprint density at radius 1 is 1.35 bits per heavy atom. The number of alkyl halides is 1. The van der Waals surface area contributed by atoms with Gasteiger partial charge in [-0.25, -0.2) is 0 Å². The zero-order valence-corrected chi connectivity index (χ0v) is 15.8. The van der Waals surface area contributed by atoms with Gasteiger partial charge >= 0.3 is 143 Å². The standard InChI is InChI=1S/C17H26IN2O3/c1-2-3-11-18-23-17(21)16-10-9-15(12-19-16)20-22-13-14-7-5-4-6-8-14/h4-8,15-16,19-20H,2-3,9-13H2,1H3/q-1/t15-,16+/m1/s1. The van der Waals surface area contributed by atoms with E-state index in [0.29, 0.717) is 6.61 Å². The van der Waals surface area contributed by atoms with Crippen LogP contribution in [0.4, 0.5) is 0 Å². The molecule has 0 bridgehead atoms. The molecule has 0 aromatic heterocycles. The molecule has 0 aliphatic carbocycles. The molecule has 5 nitrogen and oxygen atoms in total. The fourth-order valence-electron chi connectivity index (χ4n) is 2.31. The summed E-state index contributed by atoms with van der Waals surface area (Å²) < 4.78 is 6.48. The summed E-state index contributed by atoms with van der Waals surface area (Å²) in [7, 11) is 0. The Morgan fingerprint density at radius 3 is 2.87 bits per heavy atom. The van der Waals surface area contributed by atoms with Crippen molar-refractivity contribution in [3.05, 3.63) is 35.9 Å². The van der Waals surface area contributed by atoms with Crippen molar-refractivity contribution in [3.8, 4) is 0 Å². The van der Waals surface area contributed by atoms with Gasteiger partial charge < -0.3 is 0 Å². The van der Waals surface area contributed by atoms with Crippen molar-refractivity contribution in [1.82, 2.24) is 10.8 Å². The van der Waals surface area contributed by atoms with E-state index in [0.717, 1.165) is 42.2 Å². The van der Waals surface area contributed by atoms with Gasteiger partial charge in [0.25, 0.3) is 0 Å². The monoisotopic (exact) mass is 433 g/mol. The second-order valence-corrected chi connectivity index (χ2v) is 7.82. The van der Waals surface area contributed by atoms with Crippen LogP contribution in [0.1, 0.15) is 38.2 Å². The molecule has 130 valence electrons. The van der Waals surface area contributed by atoms with Crippen LogP contribution in [-0.2, 0) is 19.3 Å². The van der Waals surface area contributed by atoms with E-state index in [2.05, 4.69) is 17.7 Å². The van der Waals surface area contributed by atoms with Crippen molar-refractivity contribution < 1.29 is 34.3 Å². The number of unbranched alkanes of at least 4 members (excludes halogenated alkanes) is 1. The minimum atomic E-state index is -0.426. The molecule has 1 aliphatic heterocycles. The quantitative estimate of drug-likeness (QED) is 0.231. The Hall–Kier alpha value is -0.700. The fourth-order valence-corrected chi connectivity index (χ4v) is 4.22. The van der Waals surface area contributed by atoms with E-state index < -0.39 is 21.6 Å². The van der Waals surface area contributed by atoms with Crippen LogP contribution in [-0.4, -0.2) is 29.0 Å². The van der Waals surface area contributed by atoms with Crippen LogP contribution >= 0.6 is 0 Å². The summed E-state index contributed by atoms with van der Waals surface area (Å²) >= 11 is -0.426. The van der Waals surface area contributed by atoms with Crippen LogP contribution in [0.3, 0.4) is 0 Å². The summed E-state index contributed by atoms with van der Waals surface area (Å²) in [6, 6.07) is 10.1. The molecular formula is C17H26IN2O3-. The predicted molar refractivity (Wildman–Crippen MR) is 85.0 cm³/mol. The van der Waals surface area contributed by atoms with Gasteiger partial charge in [-0.3, -0.25) is 0 Å². The molecule has 1 aromatic rings. The van der Waals surface area contributed by atoms with Gasteiger partial charge in [-0.2, -0.15) is 0 Å². The van der Waals surface area contributed by atoms with Crippen molar-refractivity contribution in [2.75, 3.05) is 11.0 Å². The average Bonchev–Trinajstić information content (AvgIpc) is 2.60. The minimum absolute atomic E-state index is 0.0717. The summed E-state index contributed by atoms with van der Waals surface area (Å²) in [5.41, 5.74) is 4.22. The summed E-state index contributed by atoms with van der Waals surface area (Å²) in [6.45, 7) is 3.42. The Bertz CT molecular complexity index is 450. The number of carbonyl (C=O) groups excluding carboxylic acids is 1. The van der Waals surface area contributed by atoms with Crippen molar-refractivity contribution in [3.63, 3.8) is 0 Å². The topological polar surface area (TPSA) is 59.6 Å². The van der Waals surface area contributed by atoms with Gasteiger partial charge in [-0.15, -0.1) is 0 Å². The van der Waals surface area contributed by atoms with Crippen molar-refractivity contribution in [2.24, 2.45) is 0 Å². The number of halogens is 1. The Morgan fingerprint density at radius 2 is 2.17 bits per heavy atom. The molecule has 1 heterocycles. The normalized spacial score (nSPS) is 21.3. The Kier molecular flexibility index (Phi) is 8.88. The molecule has 2 N–H and O–H groups in total. The first-order valence-electron chi connectivity index (χ1n) is 8.24. The maximum atomic E-state index is 12.0. The summed E-state index contributed by atoms with van der Waals surface area (Å²) in [5, 5.41) is 3.26. The second-order valence-electron chi connectivity index (χ2n) is 5.68. The molecule has 0 amide bonds. The molecule has 1 aromatic carbocycles. The SMILES string of the molecule is CCCC[I-]OC(=O)[C@@H]1CC[C@@H](NOCc2ccccc2)CN1. The van der Waals surface area contributed by atoms with Crippen LogP contribution in [0.15, 0.2) is 30.3 Å². The van der Waals surface area contributed by atoms with E-state index in [1.165, 1.54) is 0 Å². The van der Waals surface area contributed by atoms with Crippen LogP contribution in [0.2, 0.25) is 0 Å². The number of carbonyl (C=O) groups is 1. The van der Waals surface area contributed by atoms with Gasteiger partial charge in [0.2, 0.25) is 0 Å². The van der Waals surface area contributed by atoms with E-state index >= 15 is 0 Å². The number of hydrogen-bond donors (Lipinski definition) is 2. The third-order valence-corrected chi connectivity index (χ3v) is 5.67. The van der Waals surface area contributed by atoms with Gasteiger partial charge in [0.1, 0.15) is 0 Å². The number of hydroxylamine groups is 1. The second kappa shape index (κ2) is 11.0. The average molecular weight is 433 g/mol. The van der Waals surface area contributed by atoms with Crippen LogP contribution < -0.4 is 32.4 Å². The molecular weight excluding hydrogens is 407 g/mol. The Balaban J connectivity index is 1.57. The molecule has 23 heavy (non-hydrogen) atoms. The number of nitrogens with one attached hydrogen (secondary N) is 2. The molecule has 2 rings (SSSR count). The Labute approximate surface area is 149 Å². The van der Waals surface area contributed by atoms with Gasteiger partial charge in [-0.05, 0) is 0 Å². The van der Waals surface area contributed by atoms with E-state index in [1.54, 1.807) is 0 Å². The third kappa shape index (κ3) is 7.15. The van der Waals surface area contributed by atoms with E-state index in [1.807, 2.05) is 30.3 Å². The number of rotatable bonds is 9. The summed E-state index contributed by atoms with van der Waals surface area (Å²) in [5.74, 6) is -0.0717. The summed E-state index contributed by atoms with van der Waals surface area (Å²) in [4.78, 5) is 17.5. The molecule has 1 aliphatic rings. The van der Waals surface area contributed by atoms with Crippen LogP contribution in [0.5, 0.6) is 0 Å². The first kappa shape index (κ1) is 18.6. The molecule has 0 saturated carbocycles. The molecule has 1 saturated heterocycles. The van der Waals surface area contributed by atoms with Gasteiger partial charge in [0.15, 0.2) is 0 Å². The number of piperidine rings is 1. The molecule has 6 heteroatoms. The van der Waals surface area contributed by atoms with Crippen molar-refractivity contribution in [2.45, 2.75) is 51.3 Å². The van der Waals surface area contributed by atoms with Crippen LogP contribution in [0, 0.1) is 0 Å². The van der Waals surface area contributed by atoms with Crippen molar-refractivity contribution in [1.29, 1.82) is 0 Å². The number of hydrogen-bond acceptors (Lipinski definition) is 5. The molecule has 0 unspecified atom stereocenters. The van der Waals surface area contributed by atoms with E-state index in [4.69, 9.17) is 7.90 Å². The first-order chi connectivity index (χ1) is 11.3. The van der Waals surface area contributed by atoms with Gasteiger partial charge in [-0.1, -0.05) is 6.07 Å². The first-order valence-corrected chi connectivity index (χ1v) is 10.6. The zero-order valence-electron chi connectivity index (χ0n) is 13.6. The molecule has 0 radical (unpaired) electrons. The fraction of sp³-hybridized carbons (Fsp3) is 0.588. The van der Waals surface area contributed by atoms with Crippen molar-refractivity contribution >= 4 is 5.97 Å². The molecule has 2 atom stereocenters. The maximum absolute atomic E-state index is 12.0. The van der Waals surface area contributed by atoms with Gasteiger partial charge in [0, 0.05) is 0 Å². The number of benzene rings is 1. The predicted octanol–water partition coefficient (Wildman–Crippen LogP) is -0.824. The molecule has 1 fully saturated rings. The third-order valence-electron chi connectivity index (χ3n) is 3.73.